The van der Waals surface area contributed by atoms with E-state index in [1.54, 1.807) is 12.0 Å². The lowest BCUT2D eigenvalue weighted by molar-refractivity contribution is -0.122. The molecule has 0 bridgehead atoms. The van der Waals surface area contributed by atoms with Crippen LogP contribution in [0.15, 0.2) is 0 Å². The zero-order chi connectivity index (χ0) is 9.84. The molecule has 0 spiro atoms. The number of primary amides is 1. The van der Waals surface area contributed by atoms with Crippen molar-refractivity contribution in [2.45, 2.75) is 18.6 Å². The minimum absolute atomic E-state index is 0.0193. The van der Waals surface area contributed by atoms with Gasteiger partial charge in [0.05, 0.1) is 24.8 Å². The molecular formula is C8H13N3O2. The van der Waals surface area contributed by atoms with E-state index in [2.05, 4.69) is 0 Å². The van der Waals surface area contributed by atoms with E-state index in [1.165, 1.54) is 0 Å². The van der Waals surface area contributed by atoms with Crippen LogP contribution in [0.1, 0.15) is 6.42 Å². The fourth-order valence-corrected chi connectivity index (χ4v) is 1.59. The summed E-state index contributed by atoms with van der Waals surface area (Å²) < 4.78 is 5.11. The van der Waals surface area contributed by atoms with Crippen molar-refractivity contribution in [3.8, 4) is 6.07 Å². The highest BCUT2D eigenvalue weighted by atomic mass is 16.5. The number of likely N-dealkylation sites (tertiary alicyclic amines) is 1. The molecule has 0 unspecified atom stereocenters. The summed E-state index contributed by atoms with van der Waals surface area (Å²) in [7, 11) is 1.60. The summed E-state index contributed by atoms with van der Waals surface area (Å²) in [4.78, 5) is 12.7. The Morgan fingerprint density at radius 2 is 2.54 bits per heavy atom. The Kier molecular flexibility index (Phi) is 3.23. The molecule has 2 N–H and O–H groups in total. The molecule has 0 radical (unpaired) electrons. The first kappa shape index (κ1) is 9.96. The third-order valence-electron chi connectivity index (χ3n) is 2.30. The van der Waals surface area contributed by atoms with Crippen LogP contribution in [-0.2, 0) is 9.53 Å². The third-order valence-corrected chi connectivity index (χ3v) is 2.30. The minimum atomic E-state index is -0.380. The molecule has 1 saturated heterocycles. The highest BCUT2D eigenvalue weighted by Gasteiger charge is 2.35. The summed E-state index contributed by atoms with van der Waals surface area (Å²) in [6.45, 7) is 0.838. The molecule has 5 nitrogen and oxygen atoms in total. The second-order valence-electron chi connectivity index (χ2n) is 3.10. The Bertz CT molecular complexity index is 236. The van der Waals surface area contributed by atoms with E-state index in [1.807, 2.05) is 6.07 Å². The SMILES string of the molecule is CO[C@H]1C[C@@H](C(N)=O)N(CC#N)C1. The normalized spacial score (nSPS) is 28.6. The molecule has 1 fully saturated rings. The molecule has 0 aliphatic carbocycles. The number of amides is 1. The second-order valence-corrected chi connectivity index (χ2v) is 3.10. The molecule has 0 aromatic heterocycles. The van der Waals surface area contributed by atoms with Gasteiger partial charge in [0, 0.05) is 13.7 Å². The second kappa shape index (κ2) is 4.21. The third kappa shape index (κ3) is 2.17. The lowest BCUT2D eigenvalue weighted by Crippen LogP contribution is -2.40. The van der Waals surface area contributed by atoms with Crippen LogP contribution >= 0.6 is 0 Å². The first-order valence-electron chi connectivity index (χ1n) is 4.12. The molecule has 0 aromatic rings. The number of hydrogen-bond acceptors (Lipinski definition) is 4. The van der Waals surface area contributed by atoms with Crippen molar-refractivity contribution in [2.75, 3.05) is 20.2 Å². The summed E-state index contributed by atoms with van der Waals surface area (Å²) in [6.07, 6.45) is 0.610. The van der Waals surface area contributed by atoms with Crippen molar-refractivity contribution in [3.05, 3.63) is 0 Å². The van der Waals surface area contributed by atoms with Crippen molar-refractivity contribution in [2.24, 2.45) is 5.73 Å². The molecule has 1 rings (SSSR count). The molecule has 0 saturated carbocycles. The molecule has 1 heterocycles. The molecule has 5 heteroatoms. The number of hydrogen-bond donors (Lipinski definition) is 1. The fraction of sp³-hybridized carbons (Fsp3) is 0.750. The van der Waals surface area contributed by atoms with Gasteiger partial charge in [-0.05, 0) is 6.42 Å². The maximum absolute atomic E-state index is 11.0. The van der Waals surface area contributed by atoms with Crippen LogP contribution in [-0.4, -0.2) is 43.2 Å². The van der Waals surface area contributed by atoms with Crippen LogP contribution in [0.3, 0.4) is 0 Å². The summed E-state index contributed by atoms with van der Waals surface area (Å²) in [6, 6.07) is 1.66. The summed E-state index contributed by atoms with van der Waals surface area (Å²) in [5, 5.41) is 8.50. The highest BCUT2D eigenvalue weighted by molar-refractivity contribution is 5.80. The van der Waals surface area contributed by atoms with Crippen LogP contribution in [0.2, 0.25) is 0 Å². The Hall–Kier alpha value is -1.12. The van der Waals surface area contributed by atoms with Gasteiger partial charge in [-0.25, -0.2) is 0 Å². The molecule has 1 aliphatic rings. The van der Waals surface area contributed by atoms with Gasteiger partial charge >= 0.3 is 0 Å². The van der Waals surface area contributed by atoms with E-state index in [-0.39, 0.29) is 24.6 Å². The van der Waals surface area contributed by atoms with Gasteiger partial charge in [0.15, 0.2) is 0 Å². The lowest BCUT2D eigenvalue weighted by Gasteiger charge is -2.16. The Morgan fingerprint density at radius 3 is 3.00 bits per heavy atom. The van der Waals surface area contributed by atoms with Crippen LogP contribution in [0, 0.1) is 11.3 Å². The first-order chi connectivity index (χ1) is 6.19. The van der Waals surface area contributed by atoms with Gasteiger partial charge in [0.25, 0.3) is 0 Å². The Labute approximate surface area is 77.1 Å². The van der Waals surface area contributed by atoms with E-state index in [9.17, 15) is 4.79 Å². The predicted octanol–water partition coefficient (Wildman–Crippen LogP) is -0.915. The smallest absolute Gasteiger partial charge is 0.234 e. The monoisotopic (exact) mass is 183 g/mol. The van der Waals surface area contributed by atoms with Gasteiger partial charge in [-0.1, -0.05) is 0 Å². The van der Waals surface area contributed by atoms with E-state index in [0.717, 1.165) is 0 Å². The fourth-order valence-electron chi connectivity index (χ4n) is 1.59. The zero-order valence-electron chi connectivity index (χ0n) is 7.56. The van der Waals surface area contributed by atoms with Gasteiger partial charge in [-0.15, -0.1) is 0 Å². The molecular weight excluding hydrogens is 170 g/mol. The van der Waals surface area contributed by atoms with E-state index < -0.39 is 0 Å². The number of nitriles is 1. The maximum Gasteiger partial charge on any atom is 0.234 e. The van der Waals surface area contributed by atoms with Gasteiger partial charge in [-0.2, -0.15) is 5.26 Å². The number of nitrogens with two attached hydrogens (primary N) is 1. The number of carbonyl (C=O) groups is 1. The van der Waals surface area contributed by atoms with Crippen LogP contribution in [0.4, 0.5) is 0 Å². The largest absolute Gasteiger partial charge is 0.380 e. The van der Waals surface area contributed by atoms with Gasteiger partial charge in [-0.3, -0.25) is 9.69 Å². The minimum Gasteiger partial charge on any atom is -0.380 e. The van der Waals surface area contributed by atoms with Crippen molar-refractivity contribution in [3.63, 3.8) is 0 Å². The lowest BCUT2D eigenvalue weighted by atomic mass is 10.2. The topological polar surface area (TPSA) is 79.3 Å². The number of rotatable bonds is 3. The Balaban J connectivity index is 2.60. The summed E-state index contributed by atoms with van der Waals surface area (Å²) >= 11 is 0. The maximum atomic E-state index is 11.0. The van der Waals surface area contributed by atoms with Crippen LogP contribution < -0.4 is 5.73 Å². The number of carbonyl (C=O) groups excluding carboxylic acids is 1. The van der Waals surface area contributed by atoms with E-state index in [0.29, 0.717) is 13.0 Å². The standard InChI is InChI=1S/C8H13N3O2/c1-13-6-4-7(8(10)12)11(5-6)3-2-9/h6-7H,3-5H2,1H3,(H2,10,12)/t6-,7-/m0/s1. The van der Waals surface area contributed by atoms with Gasteiger partial charge < -0.3 is 10.5 Å². The van der Waals surface area contributed by atoms with Crippen molar-refractivity contribution in [1.29, 1.82) is 5.26 Å². The van der Waals surface area contributed by atoms with Crippen molar-refractivity contribution in [1.82, 2.24) is 4.90 Å². The van der Waals surface area contributed by atoms with Gasteiger partial charge in [0.2, 0.25) is 5.91 Å². The van der Waals surface area contributed by atoms with Crippen LogP contribution in [0.25, 0.3) is 0 Å². The molecule has 13 heavy (non-hydrogen) atoms. The summed E-state index contributed by atoms with van der Waals surface area (Å²) in [5.41, 5.74) is 5.19. The zero-order valence-corrected chi connectivity index (χ0v) is 7.56. The number of ether oxygens (including phenoxy) is 1. The molecule has 2 atom stereocenters. The number of methoxy groups -OCH3 is 1. The van der Waals surface area contributed by atoms with E-state index >= 15 is 0 Å². The first-order valence-corrected chi connectivity index (χ1v) is 4.12. The van der Waals surface area contributed by atoms with Crippen molar-refractivity contribution < 1.29 is 9.53 Å². The average Bonchev–Trinajstić information content (AvgIpc) is 2.48. The highest BCUT2D eigenvalue weighted by Crippen LogP contribution is 2.18. The molecule has 1 aliphatic heterocycles. The summed E-state index contributed by atoms with van der Waals surface area (Å²) in [5.74, 6) is -0.380. The Morgan fingerprint density at radius 1 is 1.85 bits per heavy atom. The number of nitrogens with zero attached hydrogens (tertiary/aromatic N) is 2. The van der Waals surface area contributed by atoms with Gasteiger partial charge in [0.1, 0.15) is 0 Å². The molecule has 0 aromatic carbocycles. The average molecular weight is 183 g/mol. The van der Waals surface area contributed by atoms with Crippen LogP contribution in [0.5, 0.6) is 0 Å². The quantitative estimate of drug-likeness (QED) is 0.574. The molecule has 72 valence electrons. The van der Waals surface area contributed by atoms with E-state index in [4.69, 9.17) is 15.7 Å². The molecule has 1 amide bonds. The predicted molar refractivity (Wildman–Crippen MR) is 45.6 cm³/mol. The van der Waals surface area contributed by atoms with Crippen molar-refractivity contribution >= 4 is 5.91 Å².